The summed E-state index contributed by atoms with van der Waals surface area (Å²) < 4.78 is 7.89. The van der Waals surface area contributed by atoms with Crippen LogP contribution in [0.2, 0.25) is 0 Å². The molecule has 152 valence electrons. The number of rotatable bonds is 5. The molecule has 0 aliphatic heterocycles. The third-order valence-electron chi connectivity index (χ3n) is 6.06. The van der Waals surface area contributed by atoms with E-state index in [1.807, 2.05) is 42.8 Å². The van der Waals surface area contributed by atoms with E-state index in [2.05, 4.69) is 24.3 Å². The van der Waals surface area contributed by atoms with Gasteiger partial charge in [0.2, 0.25) is 11.8 Å². The van der Waals surface area contributed by atoms with Gasteiger partial charge in [-0.05, 0) is 70.4 Å². The van der Waals surface area contributed by atoms with Gasteiger partial charge in [0.25, 0.3) is 0 Å². The molecule has 1 N–H and O–H groups in total. The number of hydrogen-bond donors (Lipinski definition) is 1. The van der Waals surface area contributed by atoms with Crippen LogP contribution in [0.15, 0.2) is 28.7 Å². The second-order valence-corrected chi connectivity index (χ2v) is 8.02. The highest BCUT2D eigenvalue weighted by Crippen LogP contribution is 2.27. The molecule has 6 nitrogen and oxygen atoms in total. The van der Waals surface area contributed by atoms with Crippen LogP contribution in [-0.4, -0.2) is 20.7 Å². The zero-order valence-corrected chi connectivity index (χ0v) is 17.6. The lowest BCUT2D eigenvalue weighted by Crippen LogP contribution is -2.20. The maximum Gasteiger partial charge on any atom is 0.227 e. The summed E-state index contributed by atoms with van der Waals surface area (Å²) in [7, 11) is 0. The van der Waals surface area contributed by atoms with Gasteiger partial charge in [0, 0.05) is 22.9 Å². The predicted molar refractivity (Wildman–Crippen MR) is 113 cm³/mol. The predicted octanol–water partition coefficient (Wildman–Crippen LogP) is 4.95. The van der Waals surface area contributed by atoms with Gasteiger partial charge < -0.3 is 9.73 Å². The van der Waals surface area contributed by atoms with Crippen LogP contribution >= 0.6 is 0 Å². The molecular weight excluding hydrogens is 364 g/mol. The Morgan fingerprint density at radius 1 is 1.14 bits per heavy atom. The van der Waals surface area contributed by atoms with Crippen molar-refractivity contribution in [2.24, 2.45) is 5.92 Å². The van der Waals surface area contributed by atoms with Crippen LogP contribution in [0.1, 0.15) is 54.1 Å². The van der Waals surface area contributed by atoms with E-state index in [0.717, 1.165) is 59.8 Å². The second kappa shape index (κ2) is 7.85. The molecule has 6 heteroatoms. The SMILES string of the molecule is Cc1nn(Cc2nc(-c3ccc(NC(=O)C4CCCC4)cc3)oc2C)c(C)c1C. The van der Waals surface area contributed by atoms with Crippen molar-refractivity contribution < 1.29 is 9.21 Å². The topological polar surface area (TPSA) is 73.0 Å². The smallest absolute Gasteiger partial charge is 0.227 e. The van der Waals surface area contributed by atoms with Crippen molar-refractivity contribution >= 4 is 11.6 Å². The summed E-state index contributed by atoms with van der Waals surface area (Å²) in [6, 6.07) is 7.69. The third-order valence-corrected chi connectivity index (χ3v) is 6.06. The lowest BCUT2D eigenvalue weighted by atomic mass is 10.1. The minimum Gasteiger partial charge on any atom is -0.441 e. The van der Waals surface area contributed by atoms with E-state index >= 15 is 0 Å². The van der Waals surface area contributed by atoms with Crippen molar-refractivity contribution in [3.63, 3.8) is 0 Å². The second-order valence-electron chi connectivity index (χ2n) is 8.02. The van der Waals surface area contributed by atoms with Gasteiger partial charge in [-0.3, -0.25) is 9.48 Å². The highest BCUT2D eigenvalue weighted by atomic mass is 16.4. The molecule has 1 amide bonds. The Balaban J connectivity index is 1.48. The van der Waals surface area contributed by atoms with Crippen LogP contribution < -0.4 is 5.32 Å². The van der Waals surface area contributed by atoms with Crippen molar-refractivity contribution in [2.45, 2.75) is 59.9 Å². The fourth-order valence-corrected chi connectivity index (χ4v) is 3.91. The Bertz CT molecular complexity index is 1020. The first kappa shape index (κ1) is 19.4. The maximum atomic E-state index is 12.3. The molecule has 3 aromatic rings. The number of aromatic nitrogens is 3. The van der Waals surface area contributed by atoms with E-state index in [1.54, 1.807) is 0 Å². The van der Waals surface area contributed by atoms with Crippen LogP contribution in [0.4, 0.5) is 5.69 Å². The number of benzene rings is 1. The quantitative estimate of drug-likeness (QED) is 0.667. The number of carbonyl (C=O) groups excluding carboxylic acids is 1. The number of nitrogens with zero attached hydrogens (tertiary/aromatic N) is 3. The molecule has 0 unspecified atom stereocenters. The molecule has 1 saturated carbocycles. The molecule has 0 radical (unpaired) electrons. The average molecular weight is 393 g/mol. The van der Waals surface area contributed by atoms with E-state index < -0.39 is 0 Å². The first-order valence-electron chi connectivity index (χ1n) is 10.3. The van der Waals surface area contributed by atoms with Gasteiger partial charge >= 0.3 is 0 Å². The van der Waals surface area contributed by atoms with E-state index in [1.165, 1.54) is 5.56 Å². The normalized spacial score (nSPS) is 14.5. The van der Waals surface area contributed by atoms with Crippen LogP contribution in [0.5, 0.6) is 0 Å². The minimum atomic E-state index is 0.129. The molecular formula is C23H28N4O2. The number of amides is 1. The number of oxazole rings is 1. The van der Waals surface area contributed by atoms with Crippen LogP contribution in [-0.2, 0) is 11.3 Å². The summed E-state index contributed by atoms with van der Waals surface area (Å²) in [5.74, 6) is 1.67. The van der Waals surface area contributed by atoms with E-state index in [4.69, 9.17) is 9.40 Å². The van der Waals surface area contributed by atoms with Crippen LogP contribution in [0.25, 0.3) is 11.5 Å². The molecule has 0 spiro atoms. The summed E-state index contributed by atoms with van der Waals surface area (Å²) in [6.07, 6.45) is 4.30. The van der Waals surface area contributed by atoms with Crippen LogP contribution in [0, 0.1) is 33.6 Å². The van der Waals surface area contributed by atoms with Crippen molar-refractivity contribution in [3.8, 4) is 11.5 Å². The van der Waals surface area contributed by atoms with Crippen molar-refractivity contribution in [1.82, 2.24) is 14.8 Å². The molecule has 0 bridgehead atoms. The van der Waals surface area contributed by atoms with Crippen molar-refractivity contribution in [2.75, 3.05) is 5.32 Å². The van der Waals surface area contributed by atoms with E-state index in [9.17, 15) is 4.79 Å². The Morgan fingerprint density at radius 2 is 1.83 bits per heavy atom. The lowest BCUT2D eigenvalue weighted by Gasteiger charge is -2.10. The largest absolute Gasteiger partial charge is 0.441 e. The third kappa shape index (κ3) is 3.97. The molecule has 29 heavy (non-hydrogen) atoms. The molecule has 1 fully saturated rings. The average Bonchev–Trinajstić information content (AvgIpc) is 3.42. The van der Waals surface area contributed by atoms with Crippen molar-refractivity contribution in [1.29, 1.82) is 0 Å². The molecule has 2 aromatic heterocycles. The summed E-state index contributed by atoms with van der Waals surface area (Å²) in [5, 5.41) is 7.62. The van der Waals surface area contributed by atoms with Gasteiger partial charge in [-0.2, -0.15) is 5.10 Å². The van der Waals surface area contributed by atoms with Gasteiger partial charge in [0.1, 0.15) is 11.5 Å². The lowest BCUT2D eigenvalue weighted by molar-refractivity contribution is -0.119. The number of nitrogens with one attached hydrogen (secondary N) is 1. The van der Waals surface area contributed by atoms with Gasteiger partial charge in [0.15, 0.2) is 0 Å². The summed E-state index contributed by atoms with van der Waals surface area (Å²) >= 11 is 0. The zero-order valence-electron chi connectivity index (χ0n) is 17.6. The van der Waals surface area contributed by atoms with Gasteiger partial charge in [-0.25, -0.2) is 4.98 Å². The number of hydrogen-bond acceptors (Lipinski definition) is 4. The fraction of sp³-hybridized carbons (Fsp3) is 0.435. The first-order valence-corrected chi connectivity index (χ1v) is 10.3. The number of aryl methyl sites for hydroxylation is 2. The monoisotopic (exact) mass is 392 g/mol. The molecule has 4 rings (SSSR count). The zero-order chi connectivity index (χ0) is 20.5. The molecule has 2 heterocycles. The summed E-state index contributed by atoms with van der Waals surface area (Å²) in [6.45, 7) is 8.70. The summed E-state index contributed by atoms with van der Waals surface area (Å²) in [4.78, 5) is 17.0. The molecule has 1 aliphatic rings. The maximum absolute atomic E-state index is 12.3. The Kier molecular flexibility index (Phi) is 5.26. The van der Waals surface area contributed by atoms with E-state index in [-0.39, 0.29) is 11.8 Å². The molecule has 1 aromatic carbocycles. The number of anilines is 1. The Hall–Kier alpha value is -2.89. The van der Waals surface area contributed by atoms with Crippen molar-refractivity contribution in [3.05, 3.63) is 52.7 Å². The van der Waals surface area contributed by atoms with Gasteiger partial charge in [0.05, 0.1) is 12.2 Å². The van der Waals surface area contributed by atoms with E-state index in [0.29, 0.717) is 12.4 Å². The van der Waals surface area contributed by atoms with Crippen LogP contribution in [0.3, 0.4) is 0 Å². The molecule has 1 aliphatic carbocycles. The highest BCUT2D eigenvalue weighted by molar-refractivity contribution is 5.92. The Labute approximate surface area is 171 Å². The van der Waals surface area contributed by atoms with Gasteiger partial charge in [-0.1, -0.05) is 12.8 Å². The van der Waals surface area contributed by atoms with Gasteiger partial charge in [-0.15, -0.1) is 0 Å². The highest BCUT2D eigenvalue weighted by Gasteiger charge is 2.22. The summed E-state index contributed by atoms with van der Waals surface area (Å²) in [5.41, 5.74) is 5.98. The minimum absolute atomic E-state index is 0.129. The number of carbonyl (C=O) groups is 1. The fourth-order valence-electron chi connectivity index (χ4n) is 3.91. The molecule has 0 atom stereocenters. The molecule has 0 saturated heterocycles. The first-order chi connectivity index (χ1) is 13.9. The standard InChI is InChI=1S/C23H28N4O2/c1-14-15(2)26-27(16(14)3)13-21-17(4)29-23(25-21)19-9-11-20(12-10-19)24-22(28)18-7-5-6-8-18/h9-12,18H,5-8,13H2,1-4H3,(H,24,28). The Morgan fingerprint density at radius 3 is 2.45 bits per heavy atom.